The SMILES string of the molecule is CCn1c(-c2sc(C3CCCCC3)nc2C)n[nH]c1=S. The first-order valence-corrected chi connectivity index (χ1v) is 8.56. The van der Waals surface area contributed by atoms with Crippen LogP contribution in [0.1, 0.15) is 55.6 Å². The molecule has 3 rings (SSSR count). The summed E-state index contributed by atoms with van der Waals surface area (Å²) in [6.07, 6.45) is 6.63. The van der Waals surface area contributed by atoms with Crippen LogP contribution >= 0.6 is 23.6 Å². The third-order valence-corrected chi connectivity index (χ3v) is 5.67. The van der Waals surface area contributed by atoms with Crippen LogP contribution < -0.4 is 0 Å². The maximum Gasteiger partial charge on any atom is 0.195 e. The fourth-order valence-electron chi connectivity index (χ4n) is 2.93. The molecule has 108 valence electrons. The number of nitrogens with one attached hydrogen (secondary N) is 1. The molecule has 0 aliphatic heterocycles. The Morgan fingerprint density at radius 1 is 1.35 bits per heavy atom. The standard InChI is InChI=1S/C14H20N4S2/c1-3-18-12(16-17-14(18)19)11-9(2)15-13(20-11)10-7-5-4-6-8-10/h10H,3-8H2,1-2H3,(H,17,19). The van der Waals surface area contributed by atoms with Gasteiger partial charge in [0.2, 0.25) is 0 Å². The van der Waals surface area contributed by atoms with E-state index in [9.17, 15) is 0 Å². The van der Waals surface area contributed by atoms with E-state index in [0.29, 0.717) is 10.7 Å². The molecule has 1 aliphatic rings. The van der Waals surface area contributed by atoms with Crippen molar-refractivity contribution in [3.63, 3.8) is 0 Å². The molecule has 0 saturated heterocycles. The minimum atomic E-state index is 0.651. The van der Waals surface area contributed by atoms with Gasteiger partial charge in [-0.15, -0.1) is 11.3 Å². The van der Waals surface area contributed by atoms with Crippen LogP contribution in [0.4, 0.5) is 0 Å². The molecule has 2 heterocycles. The van der Waals surface area contributed by atoms with Crippen molar-refractivity contribution in [3.05, 3.63) is 15.5 Å². The zero-order valence-corrected chi connectivity index (χ0v) is 13.6. The highest BCUT2D eigenvalue weighted by Crippen LogP contribution is 2.38. The Hall–Kier alpha value is -1.01. The van der Waals surface area contributed by atoms with Gasteiger partial charge in [0.1, 0.15) is 0 Å². The highest BCUT2D eigenvalue weighted by atomic mass is 32.1. The Labute approximate surface area is 128 Å². The van der Waals surface area contributed by atoms with Crippen molar-refractivity contribution in [2.24, 2.45) is 0 Å². The van der Waals surface area contributed by atoms with E-state index in [1.807, 2.05) is 4.57 Å². The third-order valence-electron chi connectivity index (χ3n) is 4.05. The molecule has 0 atom stereocenters. The lowest BCUT2D eigenvalue weighted by atomic mass is 9.90. The molecule has 0 aromatic carbocycles. The average Bonchev–Trinajstić information content (AvgIpc) is 3.02. The van der Waals surface area contributed by atoms with Gasteiger partial charge in [0.25, 0.3) is 0 Å². The maximum atomic E-state index is 5.28. The van der Waals surface area contributed by atoms with Crippen LogP contribution in [0.2, 0.25) is 0 Å². The fraction of sp³-hybridized carbons (Fsp3) is 0.643. The van der Waals surface area contributed by atoms with E-state index in [-0.39, 0.29) is 0 Å². The number of aromatic amines is 1. The van der Waals surface area contributed by atoms with E-state index in [1.165, 1.54) is 42.0 Å². The normalized spacial score (nSPS) is 16.7. The predicted molar refractivity (Wildman–Crippen MR) is 84.8 cm³/mol. The van der Waals surface area contributed by atoms with Crippen LogP contribution in [0.15, 0.2) is 0 Å². The first-order valence-electron chi connectivity index (χ1n) is 7.33. The molecule has 2 aromatic rings. The molecule has 1 saturated carbocycles. The van der Waals surface area contributed by atoms with E-state index in [0.717, 1.165) is 18.1 Å². The molecule has 20 heavy (non-hydrogen) atoms. The van der Waals surface area contributed by atoms with Gasteiger partial charge in [-0.2, -0.15) is 5.10 Å². The third kappa shape index (κ3) is 2.46. The summed E-state index contributed by atoms with van der Waals surface area (Å²) in [5.74, 6) is 1.59. The highest BCUT2D eigenvalue weighted by Gasteiger charge is 2.22. The summed E-state index contributed by atoms with van der Waals surface area (Å²) in [7, 11) is 0. The maximum absolute atomic E-state index is 5.28. The fourth-order valence-corrected chi connectivity index (χ4v) is 4.43. The quantitative estimate of drug-likeness (QED) is 0.853. The summed E-state index contributed by atoms with van der Waals surface area (Å²) >= 11 is 7.08. The molecule has 0 unspecified atom stereocenters. The number of hydrogen-bond acceptors (Lipinski definition) is 4. The Bertz CT molecular complexity index is 646. The molecule has 0 radical (unpaired) electrons. The average molecular weight is 308 g/mol. The molecule has 1 fully saturated rings. The lowest BCUT2D eigenvalue weighted by molar-refractivity contribution is 0.442. The number of rotatable bonds is 3. The molecule has 0 bridgehead atoms. The van der Waals surface area contributed by atoms with E-state index in [2.05, 4.69) is 24.0 Å². The van der Waals surface area contributed by atoms with Gasteiger partial charge in [-0.1, -0.05) is 19.3 Å². The van der Waals surface area contributed by atoms with E-state index in [1.54, 1.807) is 11.3 Å². The number of aryl methyl sites for hydroxylation is 1. The first kappa shape index (κ1) is 13.9. The topological polar surface area (TPSA) is 46.5 Å². The molecule has 1 aliphatic carbocycles. The van der Waals surface area contributed by atoms with E-state index in [4.69, 9.17) is 17.2 Å². The van der Waals surface area contributed by atoms with E-state index >= 15 is 0 Å². The van der Waals surface area contributed by atoms with Gasteiger partial charge in [0, 0.05) is 12.5 Å². The second kappa shape index (κ2) is 5.77. The zero-order chi connectivity index (χ0) is 14.1. The Morgan fingerprint density at radius 2 is 2.10 bits per heavy atom. The molecule has 1 N–H and O–H groups in total. The summed E-state index contributed by atoms with van der Waals surface area (Å²) in [5, 5.41) is 8.58. The monoisotopic (exact) mass is 308 g/mol. The van der Waals surface area contributed by atoms with Crippen molar-refractivity contribution < 1.29 is 0 Å². The van der Waals surface area contributed by atoms with Gasteiger partial charge in [0.15, 0.2) is 10.6 Å². The van der Waals surface area contributed by atoms with Gasteiger partial charge in [0.05, 0.1) is 15.6 Å². The number of hydrogen-bond donors (Lipinski definition) is 1. The molecule has 0 spiro atoms. The second-order valence-electron chi connectivity index (χ2n) is 5.40. The smallest absolute Gasteiger partial charge is 0.195 e. The number of thiazole rings is 1. The van der Waals surface area contributed by atoms with Crippen molar-refractivity contribution in [3.8, 4) is 10.7 Å². The van der Waals surface area contributed by atoms with Gasteiger partial charge in [-0.05, 0) is 38.9 Å². The van der Waals surface area contributed by atoms with Crippen molar-refractivity contribution >= 4 is 23.6 Å². The number of aromatic nitrogens is 4. The summed E-state index contributed by atoms with van der Waals surface area (Å²) in [6.45, 7) is 5.00. The van der Waals surface area contributed by atoms with Crippen LogP contribution in [0, 0.1) is 11.7 Å². The van der Waals surface area contributed by atoms with Gasteiger partial charge >= 0.3 is 0 Å². The van der Waals surface area contributed by atoms with Gasteiger partial charge in [-0.3, -0.25) is 9.67 Å². The summed E-state index contributed by atoms with van der Waals surface area (Å²) in [4.78, 5) is 5.98. The van der Waals surface area contributed by atoms with Crippen molar-refractivity contribution in [2.45, 2.75) is 58.4 Å². The number of H-pyrrole nitrogens is 1. The van der Waals surface area contributed by atoms with Crippen molar-refractivity contribution in [1.82, 2.24) is 19.7 Å². The summed E-state index contributed by atoms with van der Waals surface area (Å²) in [6, 6.07) is 0. The lowest BCUT2D eigenvalue weighted by Crippen LogP contribution is -2.03. The number of nitrogens with zero attached hydrogens (tertiary/aromatic N) is 3. The Morgan fingerprint density at radius 3 is 2.80 bits per heavy atom. The molecular weight excluding hydrogens is 288 g/mol. The molecule has 4 nitrogen and oxygen atoms in total. The van der Waals surface area contributed by atoms with Crippen LogP contribution in [-0.2, 0) is 6.54 Å². The minimum Gasteiger partial charge on any atom is -0.300 e. The van der Waals surface area contributed by atoms with Gasteiger partial charge < -0.3 is 0 Å². The lowest BCUT2D eigenvalue weighted by Gasteiger charge is -2.18. The summed E-state index contributed by atoms with van der Waals surface area (Å²) < 4.78 is 2.73. The van der Waals surface area contributed by atoms with Crippen LogP contribution in [0.5, 0.6) is 0 Å². The van der Waals surface area contributed by atoms with Crippen LogP contribution in [0.25, 0.3) is 10.7 Å². The molecule has 0 amide bonds. The van der Waals surface area contributed by atoms with Crippen molar-refractivity contribution in [1.29, 1.82) is 0 Å². The molecule has 6 heteroatoms. The van der Waals surface area contributed by atoms with Crippen molar-refractivity contribution in [2.75, 3.05) is 0 Å². The molecule has 2 aromatic heterocycles. The summed E-state index contributed by atoms with van der Waals surface area (Å²) in [5.41, 5.74) is 1.08. The second-order valence-corrected chi connectivity index (χ2v) is 6.82. The molecular formula is C14H20N4S2. The Balaban J connectivity index is 1.98. The minimum absolute atomic E-state index is 0.651. The zero-order valence-electron chi connectivity index (χ0n) is 12.0. The predicted octanol–water partition coefficient (Wildman–Crippen LogP) is 4.44. The van der Waals surface area contributed by atoms with Crippen LogP contribution in [0.3, 0.4) is 0 Å². The van der Waals surface area contributed by atoms with Crippen LogP contribution in [-0.4, -0.2) is 19.7 Å². The highest BCUT2D eigenvalue weighted by molar-refractivity contribution is 7.71. The van der Waals surface area contributed by atoms with E-state index < -0.39 is 0 Å². The Kier molecular flexibility index (Phi) is 4.03. The largest absolute Gasteiger partial charge is 0.300 e. The first-order chi connectivity index (χ1) is 9.70. The van der Waals surface area contributed by atoms with Gasteiger partial charge in [-0.25, -0.2) is 4.98 Å².